The average Bonchev–Trinajstić information content (AvgIpc) is 3.12. The quantitative estimate of drug-likeness (QED) is 0.162. The molecule has 155 valence electrons. The predicted octanol–water partition coefficient (Wildman–Crippen LogP) is 6.77. The third-order valence-corrected chi connectivity index (χ3v) is 5.21. The summed E-state index contributed by atoms with van der Waals surface area (Å²) in [6.45, 7) is 4.96. The topological polar surface area (TPSA) is 50.2 Å². The Bertz CT molecular complexity index is 1140. The number of rotatable bonds is 3. The maximum Gasteiger partial charge on any atom is 0.155 e. The zero-order valence-corrected chi connectivity index (χ0v) is 20.2. The van der Waals surface area contributed by atoms with Crippen LogP contribution in [0.2, 0.25) is 0 Å². The number of aryl methyl sites for hydroxylation is 1. The molecule has 0 aliphatic rings. The fraction of sp³-hybridized carbons (Fsp3) is 0.120. The number of allylic oxidation sites excluding steroid dienone is 2. The molecule has 2 aromatic carbocycles. The first kappa shape index (κ1) is 23.7. The van der Waals surface area contributed by atoms with Crippen molar-refractivity contribution in [1.29, 1.82) is 0 Å². The summed E-state index contributed by atoms with van der Waals surface area (Å²) in [5.41, 5.74) is 4.55. The maximum atomic E-state index is 10.0. The molecule has 4 aromatic rings. The van der Waals surface area contributed by atoms with Gasteiger partial charge in [-0.25, -0.2) is 0 Å². The van der Waals surface area contributed by atoms with Crippen molar-refractivity contribution in [2.75, 3.05) is 0 Å². The number of pyridine rings is 1. The van der Waals surface area contributed by atoms with Crippen LogP contribution in [0.4, 0.5) is 0 Å². The first-order chi connectivity index (χ1) is 13.9. The number of nitrogens with zero attached hydrogens (tertiary/aromatic N) is 1. The summed E-state index contributed by atoms with van der Waals surface area (Å²) < 4.78 is 0. The Kier molecular flexibility index (Phi) is 8.67. The number of thiophene rings is 1. The van der Waals surface area contributed by atoms with E-state index in [0.717, 1.165) is 16.1 Å². The number of fused-ring (bicyclic) bond motifs is 1. The molecule has 2 aromatic heterocycles. The van der Waals surface area contributed by atoms with Crippen molar-refractivity contribution < 1.29 is 30.0 Å². The van der Waals surface area contributed by atoms with Gasteiger partial charge in [0.1, 0.15) is 4.83 Å². The minimum atomic E-state index is -0.125. The van der Waals surface area contributed by atoms with Gasteiger partial charge in [-0.05, 0) is 38.1 Å². The Morgan fingerprint density at radius 3 is 2.37 bits per heavy atom. The second-order valence-electron chi connectivity index (χ2n) is 6.74. The van der Waals surface area contributed by atoms with Crippen LogP contribution in [0.3, 0.4) is 0 Å². The molecule has 2 heterocycles. The molecule has 0 atom stereocenters. The van der Waals surface area contributed by atoms with Crippen LogP contribution in [0, 0.1) is 13.0 Å². The Morgan fingerprint density at radius 2 is 1.80 bits per heavy atom. The fourth-order valence-corrected chi connectivity index (χ4v) is 3.81. The Hall–Kier alpha value is -2.59. The summed E-state index contributed by atoms with van der Waals surface area (Å²) in [5, 5.41) is 9.56. The molecule has 5 heteroatoms. The number of hydrogen-bond acceptors (Lipinski definition) is 4. The minimum Gasteiger partial charge on any atom is -0.512 e. The Balaban J connectivity index is 0.000000350. The van der Waals surface area contributed by atoms with Crippen molar-refractivity contribution in [3.05, 3.63) is 90.2 Å². The standard InChI is InChI=1S/C20H14NS.C5H8O2.Ir/c1-14-7-9-16(10-8-14)19-13-17-11-12-18(21-20(17)22-19)15-5-3-2-4-6-15;1-4(6)3-5(2)7;/h2-5,7-13H,1H3;3,6H,1-2H3;/q-1;;/b;4-3-;. The van der Waals surface area contributed by atoms with Gasteiger partial charge < -0.3 is 5.11 Å². The van der Waals surface area contributed by atoms with E-state index in [1.807, 2.05) is 24.3 Å². The van der Waals surface area contributed by atoms with Gasteiger partial charge in [0.2, 0.25) is 0 Å². The summed E-state index contributed by atoms with van der Waals surface area (Å²) in [7, 11) is 0. The molecular formula is C25H22IrNO2S-. The van der Waals surface area contributed by atoms with E-state index >= 15 is 0 Å². The fourth-order valence-electron chi connectivity index (χ4n) is 2.77. The van der Waals surface area contributed by atoms with Crippen molar-refractivity contribution >= 4 is 27.3 Å². The summed E-state index contributed by atoms with van der Waals surface area (Å²) in [6.07, 6.45) is 1.17. The van der Waals surface area contributed by atoms with Crippen LogP contribution in [0.1, 0.15) is 19.4 Å². The summed E-state index contributed by atoms with van der Waals surface area (Å²) in [4.78, 5) is 17.1. The van der Waals surface area contributed by atoms with Gasteiger partial charge >= 0.3 is 0 Å². The largest absolute Gasteiger partial charge is 0.512 e. The number of ketones is 1. The Morgan fingerprint density at radius 1 is 1.07 bits per heavy atom. The number of carbonyl (C=O) groups excluding carboxylic acids is 1. The number of hydrogen-bond donors (Lipinski definition) is 1. The normalized spacial score (nSPS) is 10.7. The predicted molar refractivity (Wildman–Crippen MR) is 121 cm³/mol. The molecule has 0 saturated carbocycles. The molecule has 0 aliphatic carbocycles. The van der Waals surface area contributed by atoms with Gasteiger partial charge in [-0.1, -0.05) is 42.0 Å². The summed E-state index contributed by atoms with van der Waals surface area (Å²) in [5.74, 6) is -0.0625. The maximum absolute atomic E-state index is 10.0. The van der Waals surface area contributed by atoms with Crippen LogP contribution < -0.4 is 0 Å². The Labute approximate surface area is 194 Å². The van der Waals surface area contributed by atoms with E-state index in [1.54, 1.807) is 11.3 Å². The molecule has 0 spiro atoms. The zero-order valence-electron chi connectivity index (χ0n) is 17.0. The molecule has 4 rings (SSSR count). The van der Waals surface area contributed by atoms with E-state index in [0.29, 0.717) is 0 Å². The third kappa shape index (κ3) is 6.46. The molecule has 0 saturated heterocycles. The number of aromatic nitrogens is 1. The van der Waals surface area contributed by atoms with Crippen molar-refractivity contribution in [2.24, 2.45) is 0 Å². The van der Waals surface area contributed by atoms with Crippen molar-refractivity contribution in [3.63, 3.8) is 0 Å². The minimum absolute atomic E-state index is 0. The number of benzene rings is 2. The summed E-state index contributed by atoms with van der Waals surface area (Å²) >= 11 is 1.74. The molecule has 1 N–H and O–H groups in total. The molecule has 0 bridgehead atoms. The van der Waals surface area contributed by atoms with Crippen molar-refractivity contribution in [2.45, 2.75) is 20.8 Å². The van der Waals surface area contributed by atoms with E-state index in [-0.39, 0.29) is 31.6 Å². The van der Waals surface area contributed by atoms with Gasteiger partial charge in [0.25, 0.3) is 0 Å². The van der Waals surface area contributed by atoms with E-state index in [4.69, 9.17) is 10.1 Å². The second kappa shape index (κ2) is 11.0. The van der Waals surface area contributed by atoms with Crippen molar-refractivity contribution in [3.8, 4) is 21.7 Å². The number of aliphatic hydroxyl groups excluding tert-OH is 1. The molecule has 30 heavy (non-hydrogen) atoms. The average molecular weight is 593 g/mol. The summed E-state index contributed by atoms with van der Waals surface area (Å²) in [6, 6.07) is 26.3. The molecule has 0 amide bonds. The van der Waals surface area contributed by atoms with Crippen LogP contribution >= 0.6 is 11.3 Å². The van der Waals surface area contributed by atoms with Gasteiger partial charge in [-0.2, -0.15) is 0 Å². The first-order valence-electron chi connectivity index (χ1n) is 9.25. The van der Waals surface area contributed by atoms with Crippen LogP contribution in [0.25, 0.3) is 31.9 Å². The van der Waals surface area contributed by atoms with Crippen LogP contribution in [0.15, 0.2) is 78.6 Å². The van der Waals surface area contributed by atoms with Gasteiger partial charge in [0, 0.05) is 36.4 Å². The van der Waals surface area contributed by atoms with Crippen LogP contribution in [-0.4, -0.2) is 15.9 Å². The SMILES string of the molecule is CC(=O)/C=C(/C)O.Cc1ccc(-c2cc3ccc(-c4[c-]cccc4)nc3s2)cc1.[Ir]. The monoisotopic (exact) mass is 593 g/mol. The molecule has 3 nitrogen and oxygen atoms in total. The van der Waals surface area contributed by atoms with Gasteiger partial charge in [0.05, 0.1) is 5.76 Å². The zero-order chi connectivity index (χ0) is 20.8. The molecule has 0 fully saturated rings. The molecule has 0 aliphatic heterocycles. The second-order valence-corrected chi connectivity index (χ2v) is 7.77. The molecule has 0 unspecified atom stereocenters. The van der Waals surface area contributed by atoms with E-state index in [9.17, 15) is 4.79 Å². The van der Waals surface area contributed by atoms with E-state index < -0.39 is 0 Å². The van der Waals surface area contributed by atoms with Crippen molar-refractivity contribution in [1.82, 2.24) is 4.98 Å². The van der Waals surface area contributed by atoms with E-state index in [2.05, 4.69) is 55.5 Å². The van der Waals surface area contributed by atoms with Crippen LogP contribution in [0.5, 0.6) is 0 Å². The van der Waals surface area contributed by atoms with Gasteiger partial charge in [0.15, 0.2) is 5.78 Å². The smallest absolute Gasteiger partial charge is 0.155 e. The first-order valence-corrected chi connectivity index (χ1v) is 10.1. The molecular weight excluding hydrogens is 571 g/mol. The number of aliphatic hydroxyl groups is 1. The van der Waals surface area contributed by atoms with Gasteiger partial charge in [-0.15, -0.1) is 47.2 Å². The molecule has 1 radical (unpaired) electrons. The number of carbonyl (C=O) groups is 1. The van der Waals surface area contributed by atoms with E-state index in [1.165, 1.54) is 41.3 Å². The van der Waals surface area contributed by atoms with Gasteiger partial charge in [-0.3, -0.25) is 9.78 Å². The third-order valence-electron chi connectivity index (χ3n) is 4.12. The van der Waals surface area contributed by atoms with Crippen LogP contribution in [-0.2, 0) is 24.9 Å².